The molecule has 0 radical (unpaired) electrons. The topological polar surface area (TPSA) is 305 Å². The highest BCUT2D eigenvalue weighted by molar-refractivity contribution is 5.91. The number of aldehydes is 3. The Labute approximate surface area is 657 Å². The van der Waals surface area contributed by atoms with Gasteiger partial charge in [0.15, 0.2) is 0 Å². The van der Waals surface area contributed by atoms with Gasteiger partial charge in [-0.3, -0.25) is 33.6 Å². The fourth-order valence-corrected chi connectivity index (χ4v) is 23.5. The molecule has 0 aromatic heterocycles. The fourth-order valence-electron chi connectivity index (χ4n) is 23.5. The Morgan fingerprint density at radius 1 is 0.450 bits per heavy atom. The zero-order valence-electron chi connectivity index (χ0n) is 68.4. The lowest BCUT2D eigenvalue weighted by molar-refractivity contribution is -0.168. The van der Waals surface area contributed by atoms with Crippen LogP contribution in [-0.2, 0) is 89.6 Å². The summed E-state index contributed by atoms with van der Waals surface area (Å²) in [5, 5.41) is 30.8. The molecule has 111 heavy (non-hydrogen) atoms. The Hall–Kier alpha value is -7.52. The van der Waals surface area contributed by atoms with Crippen molar-refractivity contribution in [1.29, 1.82) is 0 Å². The molecule has 9 aliphatic rings. The Morgan fingerprint density at radius 3 is 1.11 bits per heavy atom. The molecule has 0 heterocycles. The molecule has 0 spiro atoms. The van der Waals surface area contributed by atoms with Crippen LogP contribution in [0.4, 0.5) is 0 Å². The number of hydrogen-bond acceptors (Lipinski definition) is 20. The maximum atomic E-state index is 14.4. The van der Waals surface area contributed by atoms with E-state index in [1.165, 1.54) is 27.7 Å². The van der Waals surface area contributed by atoms with Crippen LogP contribution < -0.4 is 9.47 Å². The van der Waals surface area contributed by atoms with E-state index in [1.54, 1.807) is 14.2 Å². The summed E-state index contributed by atoms with van der Waals surface area (Å²) in [5.41, 5.74) is -1.53. The molecule has 21 nitrogen and oxygen atoms in total. The van der Waals surface area contributed by atoms with Crippen LogP contribution >= 0.6 is 0 Å². The lowest BCUT2D eigenvalue weighted by atomic mass is 9.52. The predicted molar refractivity (Wildman–Crippen MR) is 414 cm³/mol. The number of carboxylic acids is 1. The van der Waals surface area contributed by atoms with Gasteiger partial charge in [0.25, 0.3) is 0 Å². The van der Waals surface area contributed by atoms with E-state index in [1.807, 2.05) is 69.3 Å². The summed E-state index contributed by atoms with van der Waals surface area (Å²) in [4.78, 5) is 127. The van der Waals surface area contributed by atoms with Crippen molar-refractivity contribution in [1.82, 2.24) is 0 Å². The van der Waals surface area contributed by atoms with Crippen LogP contribution in [0.2, 0.25) is 0 Å². The van der Waals surface area contributed by atoms with Crippen molar-refractivity contribution in [3.05, 3.63) is 94.6 Å². The molecule has 612 valence electrons. The molecule has 2 aromatic carbocycles. The molecule has 9 aliphatic carbocycles. The number of hydrogen-bond donors (Lipinski definition) is 3. The third-order valence-electron chi connectivity index (χ3n) is 28.1. The summed E-state index contributed by atoms with van der Waals surface area (Å²) < 4.78 is 44.2. The van der Waals surface area contributed by atoms with Gasteiger partial charge in [-0.25, -0.2) is 0 Å². The summed E-state index contributed by atoms with van der Waals surface area (Å²) in [6.07, 6.45) is 20.3. The van der Waals surface area contributed by atoms with E-state index >= 15 is 0 Å². The maximum absolute atomic E-state index is 14.4. The van der Waals surface area contributed by atoms with Gasteiger partial charge in [-0.2, -0.15) is 0 Å². The second-order valence-corrected chi connectivity index (χ2v) is 35.0. The highest BCUT2D eigenvalue weighted by Gasteiger charge is 2.75. The van der Waals surface area contributed by atoms with Crippen molar-refractivity contribution in [3.8, 4) is 11.5 Å². The van der Waals surface area contributed by atoms with Gasteiger partial charge < -0.3 is 67.6 Å². The number of unbranched alkanes of at least 4 members (excludes halogenated alkanes) is 3. The molecule has 21 atom stereocenters. The van der Waals surface area contributed by atoms with E-state index in [4.69, 9.17) is 37.9 Å². The smallest absolute Gasteiger partial charge is 0.317 e. The second-order valence-electron chi connectivity index (χ2n) is 35.0. The standard InChI is InChI=1S/C34H46O8.C30H42O6.C26H38O7/c1-21(2)29-15-26-17-33(20-35,34(29,18-26)32(38)41-19-25-10-12-27(39-6)13-11-25)30-16-31(42-24(5)37)22(3)28(30)9-7-8-14-40-23(4)36;1-19(2)25-13-22-15-29(18-32,26-14-27(33)20(3)24(26)7-5-6-12-31)30(25,16-22)28(34)36-17-21-8-10-23(35-4)11-9-21;1-15(2)21-10-19-12-25(14-27,26(21,13-19)24(30)31)22-11-23(33-18(5)29)16(3)20(22)8-6-7-9-32-17(4)28/h10-13,15,20-22,26,28,30-31H,7-9,14,16-19H2,1-6H3;8-11,13,18-20,22,24,26-27,31,33H,5-7,12,14-17H2,1-4H3;10,14-16,19-20,22-23H,6-9,11-13H2,1-5H3,(H,30,31)/t22?,26?,28?,30?,31?,33-,34+;20?,22?,24?,26?,27?,29-,30+;16?,19?,20?,22?,23?,25-,26+/m000/s1. The molecule has 21 heteroatoms. The molecule has 3 N–H and O–H groups in total. The van der Waals surface area contributed by atoms with E-state index in [0.29, 0.717) is 90.3 Å². The minimum Gasteiger partial charge on any atom is -0.497 e. The van der Waals surface area contributed by atoms with Crippen molar-refractivity contribution in [2.75, 3.05) is 34.0 Å². The van der Waals surface area contributed by atoms with Crippen LogP contribution in [0.15, 0.2) is 83.5 Å². The largest absolute Gasteiger partial charge is 0.497 e. The van der Waals surface area contributed by atoms with Gasteiger partial charge in [-0.15, -0.1) is 0 Å². The number of benzene rings is 2. The average molecular weight is 1540 g/mol. The fraction of sp³-hybridized carbons (Fsp3) is 0.689. The molecular formula is C90H126O21. The van der Waals surface area contributed by atoms with Crippen molar-refractivity contribution < 1.29 is 101 Å². The lowest BCUT2D eigenvalue weighted by Gasteiger charge is -2.49. The van der Waals surface area contributed by atoms with Crippen molar-refractivity contribution in [2.45, 2.75) is 237 Å². The number of allylic oxidation sites excluding steroid dienone is 3. The summed E-state index contributed by atoms with van der Waals surface area (Å²) in [5.74, 6) is -1.02. The van der Waals surface area contributed by atoms with E-state index < -0.39 is 44.6 Å². The first-order valence-electron chi connectivity index (χ1n) is 41.0. The first-order valence-corrected chi connectivity index (χ1v) is 41.0. The quantitative estimate of drug-likeness (QED) is 0.0193. The van der Waals surface area contributed by atoms with Gasteiger partial charge in [-0.1, -0.05) is 128 Å². The zero-order chi connectivity index (χ0) is 81.3. The van der Waals surface area contributed by atoms with Crippen LogP contribution in [0.5, 0.6) is 11.5 Å². The van der Waals surface area contributed by atoms with E-state index in [0.717, 1.165) is 96.7 Å². The maximum Gasteiger partial charge on any atom is 0.317 e. The lowest BCUT2D eigenvalue weighted by Crippen LogP contribution is -2.53. The second kappa shape index (κ2) is 36.7. The number of aliphatic hydroxyl groups excluding tert-OH is 2. The number of carbonyl (C=O) groups excluding carboxylic acids is 9. The van der Waals surface area contributed by atoms with Crippen LogP contribution in [-0.4, -0.2) is 128 Å². The van der Waals surface area contributed by atoms with Gasteiger partial charge >= 0.3 is 41.8 Å². The van der Waals surface area contributed by atoms with E-state index in [9.17, 15) is 63.3 Å². The highest BCUT2D eigenvalue weighted by Crippen LogP contribution is 2.74. The van der Waals surface area contributed by atoms with Crippen molar-refractivity contribution in [3.63, 3.8) is 0 Å². The summed E-state index contributed by atoms with van der Waals surface area (Å²) in [7, 11) is 3.22. The number of carbonyl (C=O) groups is 10. The Kier molecular flexibility index (Phi) is 28.9. The number of rotatable bonds is 34. The Bertz CT molecular complexity index is 3740. The number of esters is 6. The molecule has 0 amide bonds. The summed E-state index contributed by atoms with van der Waals surface area (Å²) in [6, 6.07) is 14.9. The minimum absolute atomic E-state index is 0.0147. The van der Waals surface area contributed by atoms with E-state index in [2.05, 4.69) is 59.8 Å². The van der Waals surface area contributed by atoms with Gasteiger partial charge in [0.05, 0.1) is 33.5 Å². The molecule has 15 unspecified atom stereocenters. The molecule has 0 aliphatic heterocycles. The number of aliphatic carboxylic acids is 1. The number of methoxy groups -OCH3 is 2. The zero-order valence-corrected chi connectivity index (χ0v) is 68.4. The molecule has 0 saturated heterocycles. The van der Waals surface area contributed by atoms with Crippen molar-refractivity contribution in [2.24, 2.45) is 121 Å². The van der Waals surface area contributed by atoms with Gasteiger partial charge in [0.2, 0.25) is 0 Å². The molecule has 6 bridgehead atoms. The number of ether oxygens (including phenoxy) is 8. The third kappa shape index (κ3) is 16.9. The number of carboxylic acid groups (broad SMARTS) is 1. The van der Waals surface area contributed by atoms with Gasteiger partial charge in [0.1, 0.15) is 72.0 Å². The summed E-state index contributed by atoms with van der Waals surface area (Å²) in [6.45, 7) is 25.2. The van der Waals surface area contributed by atoms with Gasteiger partial charge in [0, 0.05) is 50.5 Å². The third-order valence-corrected chi connectivity index (χ3v) is 28.1. The van der Waals surface area contributed by atoms with Crippen LogP contribution in [0.25, 0.3) is 0 Å². The molecular weight excluding hydrogens is 1420 g/mol. The minimum atomic E-state index is -1.20. The van der Waals surface area contributed by atoms with E-state index in [-0.39, 0.29) is 157 Å². The predicted octanol–water partition coefficient (Wildman–Crippen LogP) is 14.8. The number of aliphatic hydroxyl groups is 2. The SMILES string of the molecule is CC(=O)OCCCCC1C(C)C(OC(C)=O)CC1[C@@]1(C=O)CC2C=C(C(C)C)[C@@]1(C(=O)O)C2.COc1ccc(COC(=O)[C@@]23CC(C=C2C(C)C)C[C@]3(C=O)C2CC(O)C(C)C2CCCCO)cc1.COc1ccc(COC(=O)[C@@]23CC(C=C2C(C)C)C[C@]3(C=O)C2CC(OC(C)=O)C(C)C2CCCCOC(C)=O)cc1. The van der Waals surface area contributed by atoms with Crippen LogP contribution in [0.3, 0.4) is 0 Å². The monoisotopic (exact) mass is 1540 g/mol. The molecule has 11 rings (SSSR count). The summed E-state index contributed by atoms with van der Waals surface area (Å²) >= 11 is 0. The van der Waals surface area contributed by atoms with Crippen molar-refractivity contribution >= 4 is 60.6 Å². The van der Waals surface area contributed by atoms with Crippen LogP contribution in [0.1, 0.15) is 217 Å². The first kappa shape index (κ1) is 87.4. The molecule has 6 fully saturated rings. The first-order chi connectivity index (χ1) is 52.7. The van der Waals surface area contributed by atoms with Gasteiger partial charge in [-0.05, 0) is 233 Å². The number of fused-ring (bicyclic) bond motifs is 6. The average Bonchev–Trinajstić information content (AvgIpc) is 1.54. The highest BCUT2D eigenvalue weighted by atomic mass is 16.6. The normalized spacial score (nSPS) is 34.4. The Morgan fingerprint density at radius 2 is 0.784 bits per heavy atom. The molecule has 2 aromatic rings. The van der Waals surface area contributed by atoms with Crippen LogP contribution in [0, 0.1) is 121 Å². The Balaban J connectivity index is 0.000000193. The molecule has 6 saturated carbocycles.